The van der Waals surface area contributed by atoms with E-state index in [4.69, 9.17) is 9.47 Å². The summed E-state index contributed by atoms with van der Waals surface area (Å²) in [5.41, 5.74) is -0.0161. The van der Waals surface area contributed by atoms with Crippen LogP contribution in [0.3, 0.4) is 0 Å². The normalized spacial score (nSPS) is 25.9. The molecule has 1 aromatic carbocycles. The number of aliphatic hydroxyl groups is 1. The molecule has 33 heavy (non-hydrogen) atoms. The van der Waals surface area contributed by atoms with E-state index in [1.54, 1.807) is 0 Å². The number of ketones is 1. The first kappa shape index (κ1) is 27.0. The van der Waals surface area contributed by atoms with Crippen molar-refractivity contribution in [2.24, 2.45) is 23.7 Å². The Hall–Kier alpha value is -2.21. The van der Waals surface area contributed by atoms with Gasteiger partial charge in [-0.1, -0.05) is 72.7 Å². The van der Waals surface area contributed by atoms with Gasteiger partial charge in [0.05, 0.1) is 24.7 Å². The summed E-state index contributed by atoms with van der Waals surface area (Å²) < 4.78 is 11.0. The Morgan fingerprint density at radius 3 is 1.94 bits per heavy atom. The van der Waals surface area contributed by atoms with Gasteiger partial charge in [0.2, 0.25) is 0 Å². The fraction of sp³-hybridized carbons (Fsp3) is 0.667. The molecule has 6 heteroatoms. The molecule has 0 spiro atoms. The van der Waals surface area contributed by atoms with Gasteiger partial charge in [-0.25, -0.2) is 0 Å². The number of esters is 2. The number of ether oxygens (including phenoxy) is 2. The molecule has 2 rings (SSSR count). The van der Waals surface area contributed by atoms with Crippen LogP contribution in [0.4, 0.5) is 0 Å². The van der Waals surface area contributed by atoms with Gasteiger partial charge in [0, 0.05) is 12.3 Å². The highest BCUT2D eigenvalue weighted by Crippen LogP contribution is 2.47. The van der Waals surface area contributed by atoms with Crippen molar-refractivity contribution >= 4 is 17.7 Å². The summed E-state index contributed by atoms with van der Waals surface area (Å²) >= 11 is 0. The summed E-state index contributed by atoms with van der Waals surface area (Å²) in [7, 11) is 0. The highest BCUT2D eigenvalue weighted by atomic mass is 16.5. The van der Waals surface area contributed by atoms with Crippen molar-refractivity contribution in [1.29, 1.82) is 0 Å². The maximum Gasteiger partial charge on any atom is 0.317 e. The molecule has 1 saturated carbocycles. The quantitative estimate of drug-likeness (QED) is 0.478. The van der Waals surface area contributed by atoms with Crippen molar-refractivity contribution in [3.63, 3.8) is 0 Å². The van der Waals surface area contributed by atoms with Crippen LogP contribution < -0.4 is 0 Å². The van der Waals surface area contributed by atoms with E-state index in [0.717, 1.165) is 5.56 Å². The third kappa shape index (κ3) is 6.66. The fourth-order valence-corrected chi connectivity index (χ4v) is 4.30. The first-order valence-corrected chi connectivity index (χ1v) is 11.8. The minimum absolute atomic E-state index is 0.0857. The number of carbonyl (C=O) groups is 3. The second-order valence-corrected chi connectivity index (χ2v) is 11.4. The van der Waals surface area contributed by atoms with Crippen LogP contribution in [0.15, 0.2) is 24.3 Å². The number of benzene rings is 1. The average molecular weight is 461 g/mol. The predicted molar refractivity (Wildman–Crippen MR) is 127 cm³/mol. The molecule has 1 aliphatic rings. The maximum atomic E-state index is 13.2. The second kappa shape index (κ2) is 10.4. The number of hydrogen-bond acceptors (Lipinski definition) is 6. The molecule has 0 radical (unpaired) electrons. The van der Waals surface area contributed by atoms with Gasteiger partial charge in [0.1, 0.15) is 5.92 Å². The second-order valence-electron chi connectivity index (χ2n) is 11.4. The maximum absolute atomic E-state index is 13.2. The molecular weight excluding hydrogens is 420 g/mol. The molecule has 0 amide bonds. The Morgan fingerprint density at radius 2 is 1.48 bits per heavy atom. The van der Waals surface area contributed by atoms with Crippen LogP contribution in [0.1, 0.15) is 78.9 Å². The van der Waals surface area contributed by atoms with Crippen molar-refractivity contribution in [3.8, 4) is 0 Å². The zero-order valence-corrected chi connectivity index (χ0v) is 21.3. The summed E-state index contributed by atoms with van der Waals surface area (Å²) in [6, 6.07) is 7.56. The lowest BCUT2D eigenvalue weighted by atomic mass is 9.61. The van der Waals surface area contributed by atoms with Crippen molar-refractivity contribution in [3.05, 3.63) is 35.4 Å². The molecule has 0 saturated heterocycles. The van der Waals surface area contributed by atoms with Gasteiger partial charge >= 0.3 is 11.9 Å². The fourth-order valence-electron chi connectivity index (χ4n) is 4.30. The highest BCUT2D eigenvalue weighted by molar-refractivity contribution is 6.02. The Balaban J connectivity index is 2.56. The van der Waals surface area contributed by atoms with E-state index in [-0.39, 0.29) is 36.9 Å². The largest absolute Gasteiger partial charge is 0.465 e. The van der Waals surface area contributed by atoms with Crippen molar-refractivity contribution in [1.82, 2.24) is 0 Å². The number of Topliss-reactive ketones (excluding diaryl/α,β-unsaturated/α-hetero) is 1. The Bertz CT molecular complexity index is 844. The van der Waals surface area contributed by atoms with E-state index < -0.39 is 41.1 Å². The molecule has 1 fully saturated rings. The molecule has 4 unspecified atom stereocenters. The van der Waals surface area contributed by atoms with E-state index in [2.05, 4.69) is 20.8 Å². The van der Waals surface area contributed by atoms with Gasteiger partial charge in [-0.3, -0.25) is 14.4 Å². The van der Waals surface area contributed by atoms with Crippen molar-refractivity contribution in [2.45, 2.75) is 78.7 Å². The molecular formula is C27H40O6. The molecule has 184 valence electrons. The van der Waals surface area contributed by atoms with Crippen LogP contribution in [0.2, 0.25) is 0 Å². The summed E-state index contributed by atoms with van der Waals surface area (Å²) in [5.74, 6) is -4.61. The van der Waals surface area contributed by atoms with E-state index in [9.17, 15) is 19.5 Å². The summed E-state index contributed by atoms with van der Waals surface area (Å²) in [6.07, 6.45) is -0.313. The zero-order valence-electron chi connectivity index (χ0n) is 21.3. The number of rotatable bonds is 7. The Morgan fingerprint density at radius 1 is 1.00 bits per heavy atom. The lowest BCUT2D eigenvalue weighted by Crippen LogP contribution is -2.55. The summed E-state index contributed by atoms with van der Waals surface area (Å²) in [6.45, 7) is 15.8. The molecule has 0 heterocycles. The molecule has 0 aliphatic heterocycles. The van der Waals surface area contributed by atoms with Crippen molar-refractivity contribution in [2.75, 3.05) is 13.2 Å². The zero-order chi connectivity index (χ0) is 25.1. The third-order valence-corrected chi connectivity index (χ3v) is 6.05. The minimum Gasteiger partial charge on any atom is -0.465 e. The van der Waals surface area contributed by atoms with Crippen LogP contribution >= 0.6 is 0 Å². The van der Waals surface area contributed by atoms with Gasteiger partial charge in [-0.15, -0.1) is 0 Å². The molecule has 6 nitrogen and oxygen atoms in total. The summed E-state index contributed by atoms with van der Waals surface area (Å²) in [5, 5.41) is 11.2. The Labute approximate surface area is 198 Å². The SMILES string of the molecule is CC(C)COC(=O)C1C(=O)CC(C)(O)C(C(=O)OCC(C)C)C1c1ccc(C(C)(C)C)cc1. The van der Waals surface area contributed by atoms with Crippen LogP contribution in [-0.2, 0) is 29.3 Å². The van der Waals surface area contributed by atoms with Gasteiger partial charge in [-0.2, -0.15) is 0 Å². The van der Waals surface area contributed by atoms with Gasteiger partial charge in [0.25, 0.3) is 0 Å². The first-order valence-electron chi connectivity index (χ1n) is 11.8. The van der Waals surface area contributed by atoms with Crippen LogP contribution in [0.25, 0.3) is 0 Å². The predicted octanol–water partition coefficient (Wildman–Crippen LogP) is 4.42. The first-order chi connectivity index (χ1) is 15.1. The molecule has 4 atom stereocenters. The van der Waals surface area contributed by atoms with Gasteiger partial charge < -0.3 is 14.6 Å². The minimum atomic E-state index is -1.65. The third-order valence-electron chi connectivity index (χ3n) is 6.05. The van der Waals surface area contributed by atoms with E-state index >= 15 is 0 Å². The molecule has 1 aliphatic carbocycles. The number of hydrogen-bond donors (Lipinski definition) is 1. The topological polar surface area (TPSA) is 89.9 Å². The van der Waals surface area contributed by atoms with Crippen LogP contribution in [0.5, 0.6) is 0 Å². The number of carbonyl (C=O) groups excluding carboxylic acids is 3. The molecule has 0 aromatic heterocycles. The van der Waals surface area contributed by atoms with Crippen molar-refractivity contribution < 1.29 is 29.0 Å². The van der Waals surface area contributed by atoms with E-state index in [1.807, 2.05) is 52.0 Å². The van der Waals surface area contributed by atoms with Gasteiger partial charge in [-0.05, 0) is 35.3 Å². The van der Waals surface area contributed by atoms with Crippen LogP contribution in [0, 0.1) is 23.7 Å². The Kier molecular flexibility index (Phi) is 8.50. The lowest BCUT2D eigenvalue weighted by Gasteiger charge is -2.43. The smallest absolute Gasteiger partial charge is 0.317 e. The molecule has 1 aromatic rings. The van der Waals surface area contributed by atoms with Gasteiger partial charge in [0.15, 0.2) is 5.78 Å². The lowest BCUT2D eigenvalue weighted by molar-refractivity contribution is -0.173. The van der Waals surface area contributed by atoms with Crippen LogP contribution in [-0.4, -0.2) is 41.6 Å². The molecule has 1 N–H and O–H groups in total. The van der Waals surface area contributed by atoms with E-state index in [0.29, 0.717) is 5.56 Å². The summed E-state index contributed by atoms with van der Waals surface area (Å²) in [4.78, 5) is 39.4. The monoisotopic (exact) mass is 460 g/mol. The standard InChI is InChI=1S/C27H40O6/c1-16(2)14-32-24(29)22-20(28)13-27(8,31)23(25(30)33-15-17(3)4)21(22)18-9-11-19(12-10-18)26(5,6)7/h9-12,16-17,21-23,31H,13-15H2,1-8H3. The highest BCUT2D eigenvalue weighted by Gasteiger charge is 2.57. The molecule has 0 bridgehead atoms. The average Bonchev–Trinajstić information content (AvgIpc) is 2.68. The van der Waals surface area contributed by atoms with E-state index in [1.165, 1.54) is 6.92 Å².